The van der Waals surface area contributed by atoms with Crippen LogP contribution in [-0.4, -0.2) is 28.8 Å². The SMILES string of the molecule is COC(C)(CN)Cn1ccnc1. The van der Waals surface area contributed by atoms with Gasteiger partial charge in [0.2, 0.25) is 0 Å². The molecule has 1 aromatic rings. The van der Waals surface area contributed by atoms with Crippen LogP contribution in [0.1, 0.15) is 6.92 Å². The second-order valence-corrected chi connectivity index (χ2v) is 3.09. The Kier molecular flexibility index (Phi) is 2.83. The Hall–Kier alpha value is -0.870. The van der Waals surface area contributed by atoms with Crippen LogP contribution in [0.2, 0.25) is 0 Å². The van der Waals surface area contributed by atoms with Crippen LogP contribution in [0.3, 0.4) is 0 Å². The number of methoxy groups -OCH3 is 1. The maximum Gasteiger partial charge on any atom is 0.0950 e. The van der Waals surface area contributed by atoms with E-state index in [4.69, 9.17) is 10.5 Å². The van der Waals surface area contributed by atoms with E-state index in [0.29, 0.717) is 6.54 Å². The monoisotopic (exact) mass is 169 g/mol. The summed E-state index contributed by atoms with van der Waals surface area (Å²) in [6.45, 7) is 3.22. The van der Waals surface area contributed by atoms with Crippen LogP contribution in [0.15, 0.2) is 18.7 Å². The van der Waals surface area contributed by atoms with Gasteiger partial charge in [-0.25, -0.2) is 4.98 Å². The van der Waals surface area contributed by atoms with Crippen LogP contribution in [0.25, 0.3) is 0 Å². The summed E-state index contributed by atoms with van der Waals surface area (Å²) in [5.74, 6) is 0. The Bertz CT molecular complexity index is 216. The van der Waals surface area contributed by atoms with Crippen LogP contribution in [-0.2, 0) is 11.3 Å². The second kappa shape index (κ2) is 3.69. The molecule has 0 radical (unpaired) electrons. The van der Waals surface area contributed by atoms with Crippen LogP contribution < -0.4 is 5.73 Å². The molecule has 0 spiro atoms. The summed E-state index contributed by atoms with van der Waals surface area (Å²) in [6.07, 6.45) is 5.40. The molecule has 0 saturated heterocycles. The first kappa shape index (κ1) is 9.22. The van der Waals surface area contributed by atoms with Crippen molar-refractivity contribution in [3.05, 3.63) is 18.7 Å². The minimum Gasteiger partial charge on any atom is -0.375 e. The van der Waals surface area contributed by atoms with Gasteiger partial charge in [0.05, 0.1) is 18.5 Å². The fraction of sp³-hybridized carbons (Fsp3) is 0.625. The highest BCUT2D eigenvalue weighted by molar-refractivity contribution is 4.82. The summed E-state index contributed by atoms with van der Waals surface area (Å²) in [4.78, 5) is 3.94. The van der Waals surface area contributed by atoms with Crippen LogP contribution in [0, 0.1) is 0 Å². The van der Waals surface area contributed by atoms with E-state index in [-0.39, 0.29) is 5.60 Å². The van der Waals surface area contributed by atoms with Crippen molar-refractivity contribution in [3.63, 3.8) is 0 Å². The molecule has 0 bridgehead atoms. The van der Waals surface area contributed by atoms with Crippen LogP contribution in [0.4, 0.5) is 0 Å². The molecule has 0 saturated carbocycles. The van der Waals surface area contributed by atoms with Gasteiger partial charge in [-0.2, -0.15) is 0 Å². The maximum absolute atomic E-state index is 5.58. The van der Waals surface area contributed by atoms with Gasteiger partial charge in [0.1, 0.15) is 0 Å². The molecular weight excluding hydrogens is 154 g/mol. The maximum atomic E-state index is 5.58. The summed E-state index contributed by atoms with van der Waals surface area (Å²) < 4.78 is 7.24. The first-order valence-corrected chi connectivity index (χ1v) is 3.91. The van der Waals surface area contributed by atoms with Crippen molar-refractivity contribution in [1.29, 1.82) is 0 Å². The summed E-state index contributed by atoms with van der Waals surface area (Å²) in [6, 6.07) is 0. The molecule has 68 valence electrons. The predicted octanol–water partition coefficient (Wildman–Crippen LogP) is 0.247. The molecule has 4 heteroatoms. The van der Waals surface area contributed by atoms with Crippen LogP contribution in [0.5, 0.6) is 0 Å². The van der Waals surface area contributed by atoms with E-state index in [1.807, 2.05) is 17.7 Å². The number of ether oxygens (including phenoxy) is 1. The Balaban J connectivity index is 2.60. The molecule has 4 nitrogen and oxygen atoms in total. The van der Waals surface area contributed by atoms with E-state index in [2.05, 4.69) is 4.98 Å². The standard InChI is InChI=1S/C8H15N3O/c1-8(5-9,12-2)6-11-4-3-10-7-11/h3-4,7H,5-6,9H2,1-2H3. The smallest absolute Gasteiger partial charge is 0.0950 e. The zero-order valence-corrected chi connectivity index (χ0v) is 7.53. The van der Waals surface area contributed by atoms with Crippen molar-refractivity contribution in [3.8, 4) is 0 Å². The average molecular weight is 169 g/mol. The molecule has 1 aromatic heterocycles. The number of aromatic nitrogens is 2. The molecule has 1 atom stereocenters. The third kappa shape index (κ3) is 2.06. The number of rotatable bonds is 4. The van der Waals surface area contributed by atoms with E-state index < -0.39 is 0 Å². The Morgan fingerprint density at radius 2 is 2.42 bits per heavy atom. The molecule has 1 rings (SSSR count). The quantitative estimate of drug-likeness (QED) is 0.702. The number of hydrogen-bond acceptors (Lipinski definition) is 3. The van der Waals surface area contributed by atoms with Gasteiger partial charge < -0.3 is 15.0 Å². The summed E-state index contributed by atoms with van der Waals surface area (Å²) in [5, 5.41) is 0. The van der Waals surface area contributed by atoms with Crippen molar-refractivity contribution < 1.29 is 4.74 Å². The topological polar surface area (TPSA) is 53.1 Å². The highest BCUT2D eigenvalue weighted by atomic mass is 16.5. The Morgan fingerprint density at radius 3 is 2.83 bits per heavy atom. The normalized spacial score (nSPS) is 15.9. The molecule has 1 unspecified atom stereocenters. The molecule has 2 N–H and O–H groups in total. The third-order valence-corrected chi connectivity index (χ3v) is 2.00. The fourth-order valence-corrected chi connectivity index (χ4v) is 0.979. The molecule has 12 heavy (non-hydrogen) atoms. The lowest BCUT2D eigenvalue weighted by molar-refractivity contribution is -0.000439. The molecule has 0 aromatic carbocycles. The lowest BCUT2D eigenvalue weighted by Gasteiger charge is -2.26. The van der Waals surface area contributed by atoms with Crippen molar-refractivity contribution in [2.75, 3.05) is 13.7 Å². The third-order valence-electron chi connectivity index (χ3n) is 2.00. The van der Waals surface area contributed by atoms with Crippen molar-refractivity contribution >= 4 is 0 Å². The average Bonchev–Trinajstić information content (AvgIpc) is 2.57. The predicted molar refractivity (Wildman–Crippen MR) is 46.7 cm³/mol. The van der Waals surface area contributed by atoms with Crippen molar-refractivity contribution in [2.45, 2.75) is 19.1 Å². The van der Waals surface area contributed by atoms with Gasteiger partial charge in [-0.1, -0.05) is 0 Å². The molecule has 0 aliphatic carbocycles. The van der Waals surface area contributed by atoms with E-state index >= 15 is 0 Å². The van der Waals surface area contributed by atoms with E-state index in [9.17, 15) is 0 Å². The van der Waals surface area contributed by atoms with Crippen molar-refractivity contribution in [1.82, 2.24) is 9.55 Å². The van der Waals surface area contributed by atoms with Crippen LogP contribution >= 0.6 is 0 Å². The zero-order chi connectivity index (χ0) is 9.03. The lowest BCUT2D eigenvalue weighted by atomic mass is 10.1. The van der Waals surface area contributed by atoms with Gasteiger partial charge in [0, 0.05) is 26.0 Å². The highest BCUT2D eigenvalue weighted by Crippen LogP contribution is 2.09. The summed E-state index contributed by atoms with van der Waals surface area (Å²) >= 11 is 0. The number of hydrogen-bond donors (Lipinski definition) is 1. The molecule has 0 amide bonds. The van der Waals surface area contributed by atoms with Crippen molar-refractivity contribution in [2.24, 2.45) is 5.73 Å². The number of nitrogens with two attached hydrogens (primary N) is 1. The zero-order valence-electron chi connectivity index (χ0n) is 7.53. The molecule has 0 aliphatic rings. The summed E-state index contributed by atoms with van der Waals surface area (Å²) in [5.41, 5.74) is 5.28. The fourth-order valence-electron chi connectivity index (χ4n) is 0.979. The van der Waals surface area contributed by atoms with Gasteiger partial charge in [-0.15, -0.1) is 0 Å². The van der Waals surface area contributed by atoms with E-state index in [1.54, 1.807) is 19.6 Å². The Labute approximate surface area is 72.3 Å². The first-order chi connectivity index (χ1) is 5.70. The Morgan fingerprint density at radius 1 is 1.67 bits per heavy atom. The molecule has 0 aliphatic heterocycles. The van der Waals surface area contributed by atoms with Gasteiger partial charge in [-0.05, 0) is 6.92 Å². The van der Waals surface area contributed by atoms with E-state index in [0.717, 1.165) is 6.54 Å². The molecular formula is C8H15N3O. The molecule has 0 fully saturated rings. The first-order valence-electron chi connectivity index (χ1n) is 3.91. The number of imidazole rings is 1. The minimum absolute atomic E-state index is 0.291. The minimum atomic E-state index is -0.291. The lowest BCUT2D eigenvalue weighted by Crippen LogP contribution is -2.40. The van der Waals surface area contributed by atoms with Gasteiger partial charge >= 0.3 is 0 Å². The van der Waals surface area contributed by atoms with Gasteiger partial charge in [-0.3, -0.25) is 0 Å². The molecule has 1 heterocycles. The van der Waals surface area contributed by atoms with Gasteiger partial charge in [0.15, 0.2) is 0 Å². The summed E-state index contributed by atoms with van der Waals surface area (Å²) in [7, 11) is 1.67. The largest absolute Gasteiger partial charge is 0.375 e. The van der Waals surface area contributed by atoms with Gasteiger partial charge in [0.25, 0.3) is 0 Å². The second-order valence-electron chi connectivity index (χ2n) is 3.09. The van der Waals surface area contributed by atoms with E-state index in [1.165, 1.54) is 0 Å². The highest BCUT2D eigenvalue weighted by Gasteiger charge is 2.21. The number of nitrogens with zero attached hydrogens (tertiary/aromatic N) is 2.